The van der Waals surface area contributed by atoms with Crippen molar-refractivity contribution in [3.63, 3.8) is 0 Å². The lowest BCUT2D eigenvalue weighted by Crippen LogP contribution is -2.05. The van der Waals surface area contributed by atoms with Crippen molar-refractivity contribution >= 4 is 44.1 Å². The van der Waals surface area contributed by atoms with E-state index in [2.05, 4.69) is 10.2 Å². The van der Waals surface area contributed by atoms with Crippen LogP contribution in [-0.4, -0.2) is 28.0 Å². The second-order valence-electron chi connectivity index (χ2n) is 7.09. The lowest BCUT2D eigenvalue weighted by atomic mass is 10.1. The van der Waals surface area contributed by atoms with Gasteiger partial charge in [0.15, 0.2) is 0 Å². The molecule has 1 aromatic heterocycles. The van der Waals surface area contributed by atoms with E-state index in [9.17, 15) is 13.0 Å². The van der Waals surface area contributed by atoms with Gasteiger partial charge in [-0.25, -0.2) is 0 Å². The van der Waals surface area contributed by atoms with Gasteiger partial charge >= 0.3 is 0 Å². The average Bonchev–Trinajstić information content (AvgIpc) is 3.23. The first-order valence-corrected chi connectivity index (χ1v) is 11.0. The summed E-state index contributed by atoms with van der Waals surface area (Å²) in [5.41, 5.74) is 3.14. The molecule has 31 heavy (non-hydrogen) atoms. The zero-order chi connectivity index (χ0) is 21.4. The van der Waals surface area contributed by atoms with Gasteiger partial charge in [0.05, 0.1) is 5.69 Å². The largest absolute Gasteiger partial charge is 0.295 e. The van der Waals surface area contributed by atoms with E-state index in [4.69, 9.17) is 0 Å². The molecule has 0 spiro atoms. The van der Waals surface area contributed by atoms with Gasteiger partial charge in [-0.05, 0) is 34.7 Å². The molecule has 0 aliphatic heterocycles. The van der Waals surface area contributed by atoms with E-state index in [1.807, 2.05) is 66.7 Å². The van der Waals surface area contributed by atoms with Crippen molar-refractivity contribution in [2.45, 2.75) is 4.90 Å². The average molecular weight is 427 g/mol. The number of hydrogen-bond donors (Lipinski definition) is 1. The van der Waals surface area contributed by atoms with Crippen LogP contribution in [0.4, 0.5) is 0 Å². The molecule has 152 valence electrons. The van der Waals surface area contributed by atoms with E-state index in [0.29, 0.717) is 16.8 Å². The molecule has 0 radical (unpaired) electrons. The van der Waals surface area contributed by atoms with Crippen LogP contribution in [-0.2, 0) is 10.1 Å². The Hall–Kier alpha value is -3.81. The summed E-state index contributed by atoms with van der Waals surface area (Å²) in [6.45, 7) is 0. The van der Waals surface area contributed by atoms with Crippen LogP contribution in [0.2, 0.25) is 0 Å². The number of nitrogens with zero attached hydrogens (tertiary/aromatic N) is 3. The summed E-state index contributed by atoms with van der Waals surface area (Å²) in [4.78, 5) is 1.18. The van der Waals surface area contributed by atoms with E-state index in [1.54, 1.807) is 24.3 Å². The predicted octanol–water partition coefficient (Wildman–Crippen LogP) is 4.99. The summed E-state index contributed by atoms with van der Waals surface area (Å²) in [7, 11) is -4.45. The number of hydrogen-bond acceptors (Lipinski definition) is 4. The van der Waals surface area contributed by atoms with Crippen LogP contribution >= 0.6 is 0 Å². The molecule has 5 aromatic rings. The minimum absolute atomic E-state index is 0.205. The van der Waals surface area contributed by atoms with E-state index in [1.165, 1.54) is 10.9 Å². The van der Waals surface area contributed by atoms with Gasteiger partial charge in [0, 0.05) is 5.39 Å². The van der Waals surface area contributed by atoms with Crippen LogP contribution in [0.25, 0.3) is 39.6 Å². The molecule has 1 N–H and O–H groups in total. The minimum atomic E-state index is -4.45. The maximum atomic E-state index is 12.1. The minimum Gasteiger partial charge on any atom is -0.282 e. The SMILES string of the molecule is O=S(=O)(O)c1cc(-n2nc3ccc4ccccc4c3n2)ccc1/C=C/c1ccccc1. The highest BCUT2D eigenvalue weighted by molar-refractivity contribution is 7.86. The van der Waals surface area contributed by atoms with E-state index >= 15 is 0 Å². The molecule has 7 heteroatoms. The van der Waals surface area contributed by atoms with Crippen molar-refractivity contribution in [2.75, 3.05) is 0 Å². The zero-order valence-electron chi connectivity index (χ0n) is 16.3. The first kappa shape index (κ1) is 19.2. The van der Waals surface area contributed by atoms with Crippen molar-refractivity contribution < 1.29 is 13.0 Å². The lowest BCUT2D eigenvalue weighted by Gasteiger charge is -2.06. The van der Waals surface area contributed by atoms with Crippen molar-refractivity contribution in [2.24, 2.45) is 0 Å². The Morgan fingerprint density at radius 2 is 1.58 bits per heavy atom. The van der Waals surface area contributed by atoms with Gasteiger partial charge in [-0.1, -0.05) is 78.9 Å². The first-order valence-electron chi connectivity index (χ1n) is 9.59. The first-order chi connectivity index (χ1) is 15.0. The van der Waals surface area contributed by atoms with Gasteiger partial charge < -0.3 is 0 Å². The van der Waals surface area contributed by atoms with Crippen LogP contribution in [0.5, 0.6) is 0 Å². The fourth-order valence-electron chi connectivity index (χ4n) is 3.52. The molecule has 0 fully saturated rings. The van der Waals surface area contributed by atoms with Crippen LogP contribution in [0.1, 0.15) is 11.1 Å². The summed E-state index contributed by atoms with van der Waals surface area (Å²) >= 11 is 0. The third kappa shape index (κ3) is 3.72. The number of benzene rings is 4. The molecule has 0 aliphatic rings. The van der Waals surface area contributed by atoms with Crippen LogP contribution in [0, 0.1) is 0 Å². The summed E-state index contributed by atoms with van der Waals surface area (Å²) < 4.78 is 33.9. The fourth-order valence-corrected chi connectivity index (χ4v) is 4.23. The molecule has 4 aromatic carbocycles. The molecule has 0 saturated carbocycles. The summed E-state index contributed by atoms with van der Waals surface area (Å²) in [6, 6.07) is 25.9. The Bertz CT molecular complexity index is 1560. The molecule has 0 atom stereocenters. The highest BCUT2D eigenvalue weighted by atomic mass is 32.2. The third-order valence-electron chi connectivity index (χ3n) is 5.04. The van der Waals surface area contributed by atoms with Crippen LogP contribution in [0.3, 0.4) is 0 Å². The highest BCUT2D eigenvalue weighted by Crippen LogP contribution is 2.25. The Morgan fingerprint density at radius 3 is 2.39 bits per heavy atom. The van der Waals surface area contributed by atoms with E-state index in [0.717, 1.165) is 21.9 Å². The molecule has 6 nitrogen and oxygen atoms in total. The van der Waals surface area contributed by atoms with Crippen molar-refractivity contribution in [3.05, 3.63) is 96.1 Å². The molecule has 0 amide bonds. The van der Waals surface area contributed by atoms with Gasteiger partial charge in [-0.2, -0.15) is 13.2 Å². The lowest BCUT2D eigenvalue weighted by molar-refractivity contribution is 0.483. The summed E-state index contributed by atoms with van der Waals surface area (Å²) in [5, 5.41) is 11.1. The van der Waals surface area contributed by atoms with E-state index < -0.39 is 10.1 Å². The Balaban J connectivity index is 1.62. The summed E-state index contributed by atoms with van der Waals surface area (Å²) in [6.07, 6.45) is 3.44. The van der Waals surface area contributed by atoms with Gasteiger partial charge in [-0.3, -0.25) is 4.55 Å². The highest BCUT2D eigenvalue weighted by Gasteiger charge is 2.17. The molecule has 0 saturated heterocycles. The van der Waals surface area contributed by atoms with Crippen molar-refractivity contribution in [1.82, 2.24) is 15.0 Å². The molecule has 5 rings (SSSR count). The molecule has 0 unspecified atom stereocenters. The Labute approximate surface area is 178 Å². The smallest absolute Gasteiger partial charge is 0.282 e. The molecular weight excluding hydrogens is 410 g/mol. The monoisotopic (exact) mass is 427 g/mol. The molecular formula is C24H17N3O3S. The van der Waals surface area contributed by atoms with Gasteiger partial charge in [0.1, 0.15) is 15.9 Å². The standard InChI is InChI=1S/C24H17N3O3S/c28-31(29,30)23-16-20(14-12-19(23)11-10-17-6-2-1-3-7-17)27-25-22-15-13-18-8-4-5-9-21(18)24(22)26-27/h1-16H,(H,28,29,30)/b11-10+. The van der Waals surface area contributed by atoms with Gasteiger partial charge in [-0.15, -0.1) is 10.2 Å². The molecule has 0 aliphatic carbocycles. The molecule has 0 bridgehead atoms. The number of aromatic nitrogens is 3. The Kier molecular flexibility index (Phi) is 4.62. The van der Waals surface area contributed by atoms with E-state index in [-0.39, 0.29) is 4.90 Å². The Morgan fingerprint density at radius 1 is 0.806 bits per heavy atom. The fraction of sp³-hybridized carbons (Fsp3) is 0. The maximum absolute atomic E-state index is 12.1. The zero-order valence-corrected chi connectivity index (χ0v) is 17.1. The van der Waals surface area contributed by atoms with Gasteiger partial charge in [0.25, 0.3) is 10.1 Å². The van der Waals surface area contributed by atoms with Crippen molar-refractivity contribution in [1.29, 1.82) is 0 Å². The molecule has 1 heterocycles. The normalized spacial score (nSPS) is 12.2. The van der Waals surface area contributed by atoms with Gasteiger partial charge in [0.2, 0.25) is 0 Å². The maximum Gasteiger partial charge on any atom is 0.295 e. The number of rotatable bonds is 4. The predicted molar refractivity (Wildman–Crippen MR) is 122 cm³/mol. The van der Waals surface area contributed by atoms with Crippen LogP contribution in [0.15, 0.2) is 89.8 Å². The van der Waals surface area contributed by atoms with Crippen LogP contribution < -0.4 is 0 Å². The summed E-state index contributed by atoms with van der Waals surface area (Å²) in [5.74, 6) is 0. The second kappa shape index (κ2) is 7.46. The second-order valence-corrected chi connectivity index (χ2v) is 8.48. The third-order valence-corrected chi connectivity index (χ3v) is 5.95. The van der Waals surface area contributed by atoms with Crippen molar-refractivity contribution in [3.8, 4) is 5.69 Å². The quantitative estimate of drug-likeness (QED) is 0.323. The number of fused-ring (bicyclic) bond motifs is 3. The topological polar surface area (TPSA) is 85.1 Å².